The first-order valence-corrected chi connectivity index (χ1v) is 5.75. The Morgan fingerprint density at radius 2 is 2.00 bits per heavy atom. The van der Waals surface area contributed by atoms with E-state index in [1.165, 1.54) is 36.2 Å². The lowest BCUT2D eigenvalue weighted by Gasteiger charge is -2.02. The molecule has 0 atom stereocenters. The van der Waals surface area contributed by atoms with Crippen LogP contribution in [-0.2, 0) is 0 Å². The van der Waals surface area contributed by atoms with Gasteiger partial charge < -0.3 is 10.9 Å². The summed E-state index contributed by atoms with van der Waals surface area (Å²) in [5.41, 5.74) is 5.76. The zero-order valence-electron chi connectivity index (χ0n) is 9.12. The first-order chi connectivity index (χ1) is 8.69. The van der Waals surface area contributed by atoms with Gasteiger partial charge in [-0.15, -0.1) is 0 Å². The fourth-order valence-corrected chi connectivity index (χ4v) is 1.93. The lowest BCUT2D eigenvalue weighted by molar-refractivity contribution is 0.318. The molecule has 0 radical (unpaired) electrons. The van der Waals surface area contributed by atoms with Gasteiger partial charge in [0.25, 0.3) is 0 Å². The van der Waals surface area contributed by atoms with E-state index in [-0.39, 0.29) is 11.7 Å². The van der Waals surface area contributed by atoms with Gasteiger partial charge in [-0.1, -0.05) is 5.16 Å². The average Bonchev–Trinajstić information content (AvgIpc) is 2.41. The summed E-state index contributed by atoms with van der Waals surface area (Å²) in [5.74, 6) is -0.385. The van der Waals surface area contributed by atoms with Crippen LogP contribution < -0.4 is 5.73 Å². The van der Waals surface area contributed by atoms with Crippen molar-refractivity contribution in [1.29, 1.82) is 0 Å². The van der Waals surface area contributed by atoms with Crippen LogP contribution in [-0.4, -0.2) is 21.0 Å². The fraction of sp³-hybridized carbons (Fsp3) is 0. The molecule has 5 nitrogen and oxygen atoms in total. The average molecular weight is 264 g/mol. The molecular weight excluding hydrogens is 255 g/mol. The number of benzene rings is 1. The first-order valence-electron chi connectivity index (χ1n) is 4.93. The van der Waals surface area contributed by atoms with Crippen LogP contribution in [0.1, 0.15) is 5.69 Å². The van der Waals surface area contributed by atoms with Gasteiger partial charge in [-0.25, -0.2) is 14.4 Å². The van der Waals surface area contributed by atoms with Crippen molar-refractivity contribution >= 4 is 17.6 Å². The Kier molecular flexibility index (Phi) is 3.73. The number of halogens is 1. The molecule has 18 heavy (non-hydrogen) atoms. The van der Waals surface area contributed by atoms with Gasteiger partial charge >= 0.3 is 0 Å². The Bertz CT molecular complexity index is 574. The number of nitrogens with two attached hydrogens (primary N) is 1. The molecule has 0 amide bonds. The minimum atomic E-state index is -0.300. The lowest BCUT2D eigenvalue weighted by Crippen LogP contribution is -2.15. The Balaban J connectivity index is 2.22. The Morgan fingerprint density at radius 3 is 2.67 bits per heavy atom. The van der Waals surface area contributed by atoms with Crippen molar-refractivity contribution in [3.63, 3.8) is 0 Å². The molecule has 3 N–H and O–H groups in total. The lowest BCUT2D eigenvalue weighted by atomic mass is 10.4. The monoisotopic (exact) mass is 264 g/mol. The van der Waals surface area contributed by atoms with Gasteiger partial charge in [-0.3, -0.25) is 0 Å². The van der Waals surface area contributed by atoms with Crippen molar-refractivity contribution in [3.8, 4) is 0 Å². The zero-order chi connectivity index (χ0) is 13.0. The van der Waals surface area contributed by atoms with Gasteiger partial charge in [0.1, 0.15) is 11.5 Å². The summed E-state index contributed by atoms with van der Waals surface area (Å²) in [7, 11) is 0. The molecule has 0 saturated heterocycles. The molecule has 92 valence electrons. The third kappa shape index (κ3) is 2.95. The molecule has 0 fully saturated rings. The maximum atomic E-state index is 12.7. The van der Waals surface area contributed by atoms with Gasteiger partial charge in [-0.2, -0.15) is 0 Å². The van der Waals surface area contributed by atoms with Crippen LogP contribution in [0.15, 0.2) is 51.7 Å². The topological polar surface area (TPSA) is 84.4 Å². The SMILES string of the molecule is N/C(=N/O)c1ccnc(Sc2ccc(F)cc2)n1. The molecular formula is C11H9FN4OS. The van der Waals surface area contributed by atoms with E-state index < -0.39 is 0 Å². The van der Waals surface area contributed by atoms with Crippen LogP contribution in [0.25, 0.3) is 0 Å². The summed E-state index contributed by atoms with van der Waals surface area (Å²) in [6, 6.07) is 7.49. The second kappa shape index (κ2) is 5.46. The van der Waals surface area contributed by atoms with E-state index in [4.69, 9.17) is 10.9 Å². The quantitative estimate of drug-likeness (QED) is 0.290. The molecule has 1 aromatic carbocycles. The number of rotatable bonds is 3. The van der Waals surface area contributed by atoms with Crippen molar-refractivity contribution < 1.29 is 9.60 Å². The van der Waals surface area contributed by atoms with Crippen molar-refractivity contribution in [1.82, 2.24) is 9.97 Å². The van der Waals surface area contributed by atoms with Crippen molar-refractivity contribution in [3.05, 3.63) is 48.0 Å². The van der Waals surface area contributed by atoms with E-state index in [9.17, 15) is 4.39 Å². The molecule has 2 aromatic rings. The van der Waals surface area contributed by atoms with Crippen LogP contribution in [0, 0.1) is 5.82 Å². The van der Waals surface area contributed by atoms with Crippen LogP contribution in [0.4, 0.5) is 4.39 Å². The van der Waals surface area contributed by atoms with Gasteiger partial charge in [0, 0.05) is 11.1 Å². The van der Waals surface area contributed by atoms with E-state index in [0.717, 1.165) is 4.90 Å². The summed E-state index contributed by atoms with van der Waals surface area (Å²) in [4.78, 5) is 8.94. The van der Waals surface area contributed by atoms with Crippen LogP contribution >= 0.6 is 11.8 Å². The largest absolute Gasteiger partial charge is 0.409 e. The minimum Gasteiger partial charge on any atom is -0.409 e. The normalized spacial score (nSPS) is 11.5. The molecule has 0 aliphatic rings. The van der Waals surface area contributed by atoms with Gasteiger partial charge in [0.2, 0.25) is 0 Å². The van der Waals surface area contributed by atoms with Gasteiger partial charge in [0.15, 0.2) is 11.0 Å². The molecule has 0 aliphatic heterocycles. The predicted octanol–water partition coefficient (Wildman–Crippen LogP) is 1.86. The molecule has 0 spiro atoms. The van der Waals surface area contributed by atoms with Crippen molar-refractivity contribution in [2.45, 2.75) is 10.1 Å². The molecule has 0 saturated carbocycles. The molecule has 0 aliphatic carbocycles. The highest BCUT2D eigenvalue weighted by Crippen LogP contribution is 2.24. The third-order valence-electron chi connectivity index (χ3n) is 2.03. The summed E-state index contributed by atoms with van der Waals surface area (Å²) in [6.07, 6.45) is 1.51. The second-order valence-electron chi connectivity index (χ2n) is 3.27. The fourth-order valence-electron chi connectivity index (χ4n) is 1.19. The first kappa shape index (κ1) is 12.3. The third-order valence-corrected chi connectivity index (χ3v) is 2.91. The maximum Gasteiger partial charge on any atom is 0.193 e. The summed E-state index contributed by atoms with van der Waals surface area (Å²) in [6.45, 7) is 0. The minimum absolute atomic E-state index is 0.0849. The Morgan fingerprint density at radius 1 is 1.28 bits per heavy atom. The standard InChI is InChI=1S/C11H9FN4OS/c12-7-1-3-8(4-2-7)18-11-14-6-5-9(15-11)10(13)16-17/h1-6,17H,(H2,13,16). The van der Waals surface area contributed by atoms with Gasteiger partial charge in [0.05, 0.1) is 0 Å². The zero-order valence-corrected chi connectivity index (χ0v) is 9.93. The molecule has 0 unspecified atom stereocenters. The van der Waals surface area contributed by atoms with Crippen LogP contribution in [0.5, 0.6) is 0 Å². The number of aromatic nitrogens is 2. The van der Waals surface area contributed by atoms with Crippen LogP contribution in [0.2, 0.25) is 0 Å². The van der Waals surface area contributed by atoms with E-state index in [2.05, 4.69) is 15.1 Å². The number of nitrogens with zero attached hydrogens (tertiary/aromatic N) is 3. The highest BCUT2D eigenvalue weighted by atomic mass is 32.2. The second-order valence-corrected chi connectivity index (χ2v) is 4.31. The van der Waals surface area contributed by atoms with E-state index in [1.807, 2.05) is 0 Å². The molecule has 1 aromatic heterocycles. The van der Waals surface area contributed by atoms with Crippen LogP contribution in [0.3, 0.4) is 0 Å². The summed E-state index contributed by atoms with van der Waals surface area (Å²) in [5, 5.41) is 11.9. The van der Waals surface area contributed by atoms with E-state index >= 15 is 0 Å². The molecule has 0 bridgehead atoms. The number of hydrogen-bond donors (Lipinski definition) is 2. The smallest absolute Gasteiger partial charge is 0.193 e. The highest BCUT2D eigenvalue weighted by molar-refractivity contribution is 7.99. The number of oxime groups is 1. The number of hydrogen-bond acceptors (Lipinski definition) is 5. The number of amidine groups is 1. The predicted molar refractivity (Wildman–Crippen MR) is 65.1 cm³/mol. The molecule has 2 rings (SSSR count). The summed E-state index contributed by atoms with van der Waals surface area (Å²) < 4.78 is 12.7. The van der Waals surface area contributed by atoms with E-state index in [0.29, 0.717) is 10.9 Å². The highest BCUT2D eigenvalue weighted by Gasteiger charge is 2.05. The van der Waals surface area contributed by atoms with Crippen molar-refractivity contribution in [2.24, 2.45) is 10.9 Å². The van der Waals surface area contributed by atoms with Crippen molar-refractivity contribution in [2.75, 3.05) is 0 Å². The van der Waals surface area contributed by atoms with E-state index in [1.54, 1.807) is 12.1 Å². The molecule has 7 heteroatoms. The summed E-state index contributed by atoms with van der Waals surface area (Å²) >= 11 is 1.26. The molecule has 1 heterocycles. The Hall–Kier alpha value is -2.15. The van der Waals surface area contributed by atoms with Gasteiger partial charge in [-0.05, 0) is 42.1 Å². The Labute approximate surface area is 107 Å². The maximum absolute atomic E-state index is 12.7.